The number of methoxy groups -OCH3 is 2. The number of hydrogen-bond donors (Lipinski definition) is 1. The number of amides is 2. The van der Waals surface area contributed by atoms with Crippen LogP contribution in [0, 0.1) is 0 Å². The van der Waals surface area contributed by atoms with Gasteiger partial charge in [-0.05, 0) is 41.8 Å². The summed E-state index contributed by atoms with van der Waals surface area (Å²) >= 11 is 8.03. The van der Waals surface area contributed by atoms with Crippen LogP contribution in [-0.2, 0) is 0 Å². The van der Waals surface area contributed by atoms with Crippen molar-refractivity contribution in [1.29, 1.82) is 0 Å². The third-order valence-electron chi connectivity index (χ3n) is 5.50. The molecule has 2 amide bonds. The van der Waals surface area contributed by atoms with Crippen LogP contribution in [0.25, 0.3) is 0 Å². The van der Waals surface area contributed by atoms with Crippen molar-refractivity contribution >= 4 is 46.1 Å². The number of hydrogen-bond acceptors (Lipinski definition) is 6. The van der Waals surface area contributed by atoms with Crippen molar-refractivity contribution in [1.82, 2.24) is 4.90 Å². The molecule has 1 N–H and O–H groups in total. The molecular formula is C24H24ClN3O4S. The van der Waals surface area contributed by atoms with Crippen molar-refractivity contribution in [3.8, 4) is 11.5 Å². The summed E-state index contributed by atoms with van der Waals surface area (Å²) in [4.78, 5) is 30.2. The van der Waals surface area contributed by atoms with Crippen LogP contribution in [0.2, 0.25) is 5.02 Å². The Morgan fingerprint density at radius 1 is 0.970 bits per heavy atom. The van der Waals surface area contributed by atoms with Crippen LogP contribution >= 0.6 is 22.9 Å². The first-order chi connectivity index (χ1) is 16.0. The lowest BCUT2D eigenvalue weighted by atomic mass is 10.1. The van der Waals surface area contributed by atoms with Crippen molar-refractivity contribution in [2.45, 2.75) is 0 Å². The molecule has 4 rings (SSSR count). The highest BCUT2D eigenvalue weighted by Gasteiger charge is 2.24. The largest absolute Gasteiger partial charge is 0.496 e. The molecule has 0 spiro atoms. The molecule has 1 aliphatic heterocycles. The molecule has 1 aliphatic rings. The van der Waals surface area contributed by atoms with E-state index in [1.807, 2.05) is 34.5 Å². The van der Waals surface area contributed by atoms with Gasteiger partial charge in [0.25, 0.3) is 11.8 Å². The maximum Gasteiger partial charge on any atom is 0.264 e. The van der Waals surface area contributed by atoms with E-state index in [9.17, 15) is 9.59 Å². The molecule has 0 aliphatic carbocycles. The minimum Gasteiger partial charge on any atom is -0.496 e. The zero-order valence-corrected chi connectivity index (χ0v) is 19.9. The minimum atomic E-state index is -0.353. The second-order valence-electron chi connectivity index (χ2n) is 7.41. The third kappa shape index (κ3) is 4.91. The summed E-state index contributed by atoms with van der Waals surface area (Å²) in [5.41, 5.74) is 1.75. The topological polar surface area (TPSA) is 71.1 Å². The number of carbonyl (C=O) groups excluding carboxylic acids is 2. The summed E-state index contributed by atoms with van der Waals surface area (Å²) in [6.07, 6.45) is 0. The SMILES string of the molecule is COc1cccc(OC)c1C(=O)Nc1ccc(N2CCN(C(=O)c3cccs3)CC2)c(Cl)c1. The van der Waals surface area contributed by atoms with Crippen molar-refractivity contribution in [3.05, 3.63) is 69.4 Å². The van der Waals surface area contributed by atoms with Gasteiger partial charge in [-0.3, -0.25) is 9.59 Å². The van der Waals surface area contributed by atoms with E-state index in [1.54, 1.807) is 24.3 Å². The number of benzene rings is 2. The van der Waals surface area contributed by atoms with Gasteiger partial charge in [0.1, 0.15) is 17.1 Å². The van der Waals surface area contributed by atoms with Gasteiger partial charge in [-0.15, -0.1) is 11.3 Å². The molecule has 3 aromatic rings. The van der Waals surface area contributed by atoms with Crippen molar-refractivity contribution in [2.75, 3.05) is 50.6 Å². The standard InChI is InChI=1S/C24H24ClN3O4S/c1-31-19-5-3-6-20(32-2)22(19)23(29)26-16-8-9-18(17(25)15-16)27-10-12-28(13-11-27)24(30)21-7-4-14-33-21/h3-9,14-15H,10-13H2,1-2H3,(H,26,29). The normalized spacial score (nSPS) is 13.5. The van der Waals surface area contributed by atoms with E-state index in [4.69, 9.17) is 21.1 Å². The van der Waals surface area contributed by atoms with E-state index < -0.39 is 0 Å². The van der Waals surface area contributed by atoms with Gasteiger partial charge in [-0.25, -0.2) is 0 Å². The van der Waals surface area contributed by atoms with Gasteiger partial charge < -0.3 is 24.6 Å². The first-order valence-electron chi connectivity index (χ1n) is 10.4. The number of halogens is 1. The number of rotatable bonds is 6. The predicted octanol–water partition coefficient (Wildman–Crippen LogP) is 4.63. The van der Waals surface area contributed by atoms with Gasteiger partial charge in [0.15, 0.2) is 0 Å². The van der Waals surface area contributed by atoms with E-state index >= 15 is 0 Å². The summed E-state index contributed by atoms with van der Waals surface area (Å²) in [6.45, 7) is 2.61. The average molecular weight is 486 g/mol. The minimum absolute atomic E-state index is 0.0700. The molecular weight excluding hydrogens is 462 g/mol. The Morgan fingerprint density at radius 3 is 2.24 bits per heavy atom. The second-order valence-corrected chi connectivity index (χ2v) is 8.77. The smallest absolute Gasteiger partial charge is 0.264 e. The number of nitrogens with zero attached hydrogens (tertiary/aromatic N) is 2. The van der Waals surface area contributed by atoms with Gasteiger partial charge in [0.2, 0.25) is 0 Å². The molecule has 0 saturated carbocycles. The van der Waals surface area contributed by atoms with Crippen LogP contribution in [-0.4, -0.2) is 57.1 Å². The molecule has 9 heteroatoms. The molecule has 172 valence electrons. The predicted molar refractivity (Wildman–Crippen MR) is 131 cm³/mol. The van der Waals surface area contributed by atoms with Crippen LogP contribution < -0.4 is 19.7 Å². The average Bonchev–Trinajstić information content (AvgIpc) is 3.38. The number of anilines is 2. The second kappa shape index (κ2) is 10.1. The maximum atomic E-state index is 12.9. The Kier molecular flexibility index (Phi) is 7.05. The van der Waals surface area contributed by atoms with Crippen LogP contribution in [0.15, 0.2) is 53.9 Å². The van der Waals surface area contributed by atoms with Gasteiger partial charge in [-0.1, -0.05) is 23.7 Å². The lowest BCUT2D eigenvalue weighted by molar-refractivity contribution is 0.0751. The van der Waals surface area contributed by atoms with Gasteiger partial charge in [0, 0.05) is 31.9 Å². The number of carbonyl (C=O) groups is 2. The summed E-state index contributed by atoms with van der Waals surface area (Å²) in [5, 5.41) is 5.30. The number of nitrogens with one attached hydrogen (secondary N) is 1. The van der Waals surface area contributed by atoms with Crippen LogP contribution in [0.4, 0.5) is 11.4 Å². The first kappa shape index (κ1) is 22.9. The van der Waals surface area contributed by atoms with E-state index in [2.05, 4.69) is 10.2 Å². The Morgan fingerprint density at radius 2 is 1.67 bits per heavy atom. The Bertz CT molecular complexity index is 1120. The fraction of sp³-hybridized carbons (Fsp3) is 0.250. The molecule has 0 bridgehead atoms. The lowest BCUT2D eigenvalue weighted by Crippen LogP contribution is -2.48. The molecule has 7 nitrogen and oxygen atoms in total. The molecule has 0 atom stereocenters. The molecule has 1 saturated heterocycles. The summed E-state index contributed by atoms with van der Waals surface area (Å²) in [5.74, 6) is 0.559. The Hall–Kier alpha value is -3.23. The Balaban J connectivity index is 1.43. The quantitative estimate of drug-likeness (QED) is 0.551. The maximum absolute atomic E-state index is 12.9. The molecule has 0 unspecified atom stereocenters. The summed E-state index contributed by atoms with van der Waals surface area (Å²) in [7, 11) is 3.01. The highest BCUT2D eigenvalue weighted by atomic mass is 35.5. The Labute approximate surface area is 201 Å². The molecule has 0 radical (unpaired) electrons. The van der Waals surface area contributed by atoms with Crippen molar-refractivity contribution < 1.29 is 19.1 Å². The summed E-state index contributed by atoms with van der Waals surface area (Å²) < 4.78 is 10.6. The highest BCUT2D eigenvalue weighted by Crippen LogP contribution is 2.32. The van der Waals surface area contributed by atoms with E-state index in [0.717, 1.165) is 10.6 Å². The summed E-state index contributed by atoms with van der Waals surface area (Å²) in [6, 6.07) is 14.3. The molecule has 2 heterocycles. The zero-order chi connectivity index (χ0) is 23.4. The van der Waals surface area contributed by atoms with E-state index in [-0.39, 0.29) is 11.8 Å². The zero-order valence-electron chi connectivity index (χ0n) is 18.3. The molecule has 2 aromatic carbocycles. The monoisotopic (exact) mass is 485 g/mol. The van der Waals surface area contributed by atoms with Crippen LogP contribution in [0.1, 0.15) is 20.0 Å². The van der Waals surface area contributed by atoms with E-state index in [0.29, 0.717) is 54.0 Å². The van der Waals surface area contributed by atoms with Crippen LogP contribution in [0.3, 0.4) is 0 Å². The number of piperazine rings is 1. The highest BCUT2D eigenvalue weighted by molar-refractivity contribution is 7.12. The third-order valence-corrected chi connectivity index (χ3v) is 6.66. The van der Waals surface area contributed by atoms with Crippen LogP contribution in [0.5, 0.6) is 11.5 Å². The van der Waals surface area contributed by atoms with E-state index in [1.165, 1.54) is 25.6 Å². The fourth-order valence-corrected chi connectivity index (χ4v) is 4.81. The first-order valence-corrected chi connectivity index (χ1v) is 11.7. The fourth-order valence-electron chi connectivity index (χ4n) is 3.82. The lowest BCUT2D eigenvalue weighted by Gasteiger charge is -2.36. The molecule has 1 aromatic heterocycles. The molecule has 1 fully saturated rings. The van der Waals surface area contributed by atoms with Crippen molar-refractivity contribution in [3.63, 3.8) is 0 Å². The number of thiophene rings is 1. The van der Waals surface area contributed by atoms with Crippen molar-refractivity contribution in [2.24, 2.45) is 0 Å². The van der Waals surface area contributed by atoms with Gasteiger partial charge in [0.05, 0.1) is 29.8 Å². The van der Waals surface area contributed by atoms with Gasteiger partial charge in [-0.2, -0.15) is 0 Å². The molecule has 33 heavy (non-hydrogen) atoms. The number of ether oxygens (including phenoxy) is 2. The van der Waals surface area contributed by atoms with Gasteiger partial charge >= 0.3 is 0 Å².